The molecule has 2 heterocycles. The number of halogens is 1. The van der Waals surface area contributed by atoms with Crippen LogP contribution in [0.4, 0.5) is 4.39 Å². The minimum absolute atomic E-state index is 0.116. The van der Waals surface area contributed by atoms with Gasteiger partial charge in [0, 0.05) is 37.4 Å². The fraction of sp³-hybridized carbons (Fsp3) is 0.294. The highest BCUT2D eigenvalue weighted by atomic mass is 19.1. The fourth-order valence-corrected chi connectivity index (χ4v) is 3.03. The Hall–Kier alpha value is -2.63. The van der Waals surface area contributed by atoms with Gasteiger partial charge in [0.1, 0.15) is 5.82 Å². The zero-order valence-electron chi connectivity index (χ0n) is 12.4. The number of carboxylic acid groups (broad SMARTS) is 1. The summed E-state index contributed by atoms with van der Waals surface area (Å²) in [6.07, 6.45) is 1.49. The van der Waals surface area contributed by atoms with Gasteiger partial charge in [0.15, 0.2) is 0 Å². The summed E-state index contributed by atoms with van der Waals surface area (Å²) in [4.78, 5) is 24.7. The molecular weight excluding hydrogens is 299 g/mol. The number of carbonyl (C=O) groups excluding carboxylic acids is 2. The van der Waals surface area contributed by atoms with Crippen molar-refractivity contribution in [1.29, 1.82) is 0 Å². The van der Waals surface area contributed by atoms with Gasteiger partial charge in [0.05, 0.1) is 6.04 Å². The second kappa shape index (κ2) is 6.24. The highest BCUT2D eigenvalue weighted by Crippen LogP contribution is 2.33. The van der Waals surface area contributed by atoms with Crippen molar-refractivity contribution in [2.24, 2.45) is 0 Å². The summed E-state index contributed by atoms with van der Waals surface area (Å²) < 4.78 is 15.6. The van der Waals surface area contributed by atoms with Gasteiger partial charge in [-0.05, 0) is 36.2 Å². The van der Waals surface area contributed by atoms with Gasteiger partial charge in [-0.3, -0.25) is 4.79 Å². The number of benzene rings is 1. The zero-order valence-corrected chi connectivity index (χ0v) is 12.4. The molecule has 0 fully saturated rings. The van der Waals surface area contributed by atoms with Gasteiger partial charge >= 0.3 is 0 Å². The van der Waals surface area contributed by atoms with Crippen LogP contribution < -0.4 is 5.11 Å². The summed E-state index contributed by atoms with van der Waals surface area (Å²) in [5.74, 6) is -1.88. The number of hydrogen-bond acceptors (Lipinski definition) is 3. The van der Waals surface area contributed by atoms with E-state index in [9.17, 15) is 19.1 Å². The van der Waals surface area contributed by atoms with Gasteiger partial charge in [-0.15, -0.1) is 0 Å². The molecule has 0 unspecified atom stereocenters. The topological polar surface area (TPSA) is 65.4 Å². The molecule has 1 aliphatic rings. The smallest absolute Gasteiger partial charge is 0.223 e. The summed E-state index contributed by atoms with van der Waals surface area (Å²) >= 11 is 0. The fourth-order valence-electron chi connectivity index (χ4n) is 3.03. The molecule has 1 aromatic heterocycles. The Bertz CT molecular complexity index is 741. The van der Waals surface area contributed by atoms with E-state index in [1.807, 2.05) is 22.9 Å². The van der Waals surface area contributed by atoms with Gasteiger partial charge < -0.3 is 19.4 Å². The molecule has 0 bridgehead atoms. The van der Waals surface area contributed by atoms with E-state index in [-0.39, 0.29) is 24.6 Å². The third-order valence-electron chi connectivity index (χ3n) is 4.07. The van der Waals surface area contributed by atoms with Crippen LogP contribution >= 0.6 is 0 Å². The first-order chi connectivity index (χ1) is 11.1. The molecule has 1 aromatic carbocycles. The van der Waals surface area contributed by atoms with Crippen molar-refractivity contribution in [3.63, 3.8) is 0 Å². The highest BCUT2D eigenvalue weighted by molar-refractivity contribution is 5.81. The maximum absolute atomic E-state index is 13.6. The molecule has 0 spiro atoms. The maximum atomic E-state index is 13.6. The molecule has 0 radical (unpaired) electrons. The van der Waals surface area contributed by atoms with Crippen LogP contribution in [0.2, 0.25) is 0 Å². The Labute approximate surface area is 132 Å². The van der Waals surface area contributed by atoms with E-state index < -0.39 is 12.0 Å². The van der Waals surface area contributed by atoms with Gasteiger partial charge in [0.2, 0.25) is 5.91 Å². The monoisotopic (exact) mass is 315 g/mol. The number of aromatic nitrogens is 1. The van der Waals surface area contributed by atoms with Crippen molar-refractivity contribution in [3.8, 4) is 0 Å². The molecule has 0 saturated heterocycles. The lowest BCUT2D eigenvalue weighted by Crippen LogP contribution is -2.42. The number of carboxylic acids is 1. The molecule has 0 N–H and O–H groups in total. The molecule has 23 heavy (non-hydrogen) atoms. The average Bonchev–Trinajstić information content (AvgIpc) is 3.00. The van der Waals surface area contributed by atoms with Crippen LogP contribution in [0.5, 0.6) is 0 Å². The molecule has 120 valence electrons. The standard InChI is InChI=1S/C17H17FN2O3/c18-13-4-1-3-12(11-13)17-14-5-2-8-19(14)9-10-20(17)15(21)6-7-16(22)23/h1-5,8,11,17H,6-7,9-10H2,(H,22,23)/p-1/t17-/m0/s1. The lowest BCUT2D eigenvalue weighted by molar-refractivity contribution is -0.305. The lowest BCUT2D eigenvalue weighted by Gasteiger charge is -2.37. The Morgan fingerprint density at radius 3 is 2.74 bits per heavy atom. The Morgan fingerprint density at radius 1 is 1.17 bits per heavy atom. The van der Waals surface area contributed by atoms with E-state index in [0.717, 1.165) is 5.69 Å². The van der Waals surface area contributed by atoms with Crippen LogP contribution in [-0.4, -0.2) is 27.9 Å². The van der Waals surface area contributed by atoms with Crippen LogP contribution in [0.15, 0.2) is 42.6 Å². The van der Waals surface area contributed by atoms with Crippen molar-refractivity contribution in [1.82, 2.24) is 9.47 Å². The van der Waals surface area contributed by atoms with Crippen LogP contribution in [-0.2, 0) is 16.1 Å². The molecule has 2 aromatic rings. The minimum Gasteiger partial charge on any atom is -0.550 e. The molecule has 1 atom stereocenters. The third kappa shape index (κ3) is 3.11. The predicted molar refractivity (Wildman–Crippen MR) is 78.6 cm³/mol. The summed E-state index contributed by atoms with van der Waals surface area (Å²) in [5, 5.41) is 10.6. The number of nitrogens with zero attached hydrogens (tertiary/aromatic N) is 2. The SMILES string of the molecule is O=C([O-])CCC(=O)N1CCn2cccc2[C@@H]1c1cccc(F)c1. The van der Waals surface area contributed by atoms with Gasteiger partial charge in [-0.25, -0.2) is 4.39 Å². The summed E-state index contributed by atoms with van der Waals surface area (Å²) in [7, 11) is 0. The van der Waals surface area contributed by atoms with Gasteiger partial charge in [0.25, 0.3) is 0 Å². The first-order valence-corrected chi connectivity index (χ1v) is 7.46. The van der Waals surface area contributed by atoms with E-state index in [0.29, 0.717) is 18.7 Å². The quantitative estimate of drug-likeness (QED) is 0.848. The molecule has 1 amide bonds. The second-order valence-electron chi connectivity index (χ2n) is 5.54. The summed E-state index contributed by atoms with van der Waals surface area (Å²) in [6.45, 7) is 1.08. The molecule has 6 heteroatoms. The lowest BCUT2D eigenvalue weighted by atomic mass is 9.99. The molecule has 3 rings (SSSR count). The van der Waals surface area contributed by atoms with E-state index in [1.165, 1.54) is 12.1 Å². The van der Waals surface area contributed by atoms with Crippen LogP contribution in [0.1, 0.15) is 30.1 Å². The number of carbonyl (C=O) groups is 2. The van der Waals surface area contributed by atoms with Crippen LogP contribution in [0.25, 0.3) is 0 Å². The van der Waals surface area contributed by atoms with E-state index in [2.05, 4.69) is 0 Å². The zero-order chi connectivity index (χ0) is 16.4. The molecule has 0 aliphatic carbocycles. The number of amides is 1. The molecule has 1 aliphatic heterocycles. The van der Waals surface area contributed by atoms with E-state index in [1.54, 1.807) is 17.0 Å². The van der Waals surface area contributed by atoms with Crippen molar-refractivity contribution >= 4 is 11.9 Å². The summed E-state index contributed by atoms with van der Waals surface area (Å²) in [5.41, 5.74) is 1.56. The van der Waals surface area contributed by atoms with Crippen molar-refractivity contribution in [3.05, 3.63) is 59.7 Å². The largest absolute Gasteiger partial charge is 0.550 e. The third-order valence-corrected chi connectivity index (χ3v) is 4.07. The van der Waals surface area contributed by atoms with Crippen molar-refractivity contribution < 1.29 is 19.1 Å². The van der Waals surface area contributed by atoms with Gasteiger partial charge in [-0.2, -0.15) is 0 Å². The van der Waals surface area contributed by atoms with Gasteiger partial charge in [-0.1, -0.05) is 12.1 Å². The maximum Gasteiger partial charge on any atom is 0.223 e. The van der Waals surface area contributed by atoms with Crippen LogP contribution in [0.3, 0.4) is 0 Å². The Balaban J connectivity index is 1.95. The Kier molecular flexibility index (Phi) is 4.14. The first-order valence-electron chi connectivity index (χ1n) is 7.46. The first kappa shape index (κ1) is 15.3. The number of hydrogen-bond donors (Lipinski definition) is 0. The summed E-state index contributed by atoms with van der Waals surface area (Å²) in [6, 6.07) is 9.51. The average molecular weight is 315 g/mol. The molecule has 5 nitrogen and oxygen atoms in total. The van der Waals surface area contributed by atoms with Crippen LogP contribution in [0, 0.1) is 5.82 Å². The van der Waals surface area contributed by atoms with Crippen molar-refractivity contribution in [2.45, 2.75) is 25.4 Å². The highest BCUT2D eigenvalue weighted by Gasteiger charge is 2.31. The number of fused-ring (bicyclic) bond motifs is 1. The minimum atomic E-state index is -1.25. The van der Waals surface area contributed by atoms with E-state index >= 15 is 0 Å². The van der Waals surface area contributed by atoms with Crippen molar-refractivity contribution in [2.75, 3.05) is 6.54 Å². The molecular formula is C17H16FN2O3-. The predicted octanol–water partition coefficient (Wildman–Crippen LogP) is 1.09. The van der Waals surface area contributed by atoms with E-state index in [4.69, 9.17) is 0 Å². The number of aliphatic carboxylic acids is 1. The number of rotatable bonds is 4. The normalized spacial score (nSPS) is 16.9. The second-order valence-corrected chi connectivity index (χ2v) is 5.54. The Morgan fingerprint density at radius 2 is 2.00 bits per heavy atom. The molecule has 0 saturated carbocycles.